The Morgan fingerprint density at radius 1 is 1.25 bits per heavy atom. The zero-order valence-corrected chi connectivity index (χ0v) is 9.11. The summed E-state index contributed by atoms with van der Waals surface area (Å²) in [5.74, 6) is 0. The van der Waals surface area contributed by atoms with Crippen molar-refractivity contribution >= 4 is 21.6 Å². The lowest BCUT2D eigenvalue weighted by atomic mass is 10.2. The van der Waals surface area contributed by atoms with Crippen LogP contribution in [0, 0.1) is 11.3 Å². The van der Waals surface area contributed by atoms with Crippen LogP contribution in [0.4, 0.5) is 0 Å². The number of hydrogen-bond acceptors (Lipinski definition) is 3. The molecule has 0 fully saturated rings. The van der Waals surface area contributed by atoms with Crippen LogP contribution < -0.4 is 0 Å². The van der Waals surface area contributed by atoms with E-state index in [0.29, 0.717) is 5.56 Å². The summed E-state index contributed by atoms with van der Waals surface area (Å²) in [6.45, 7) is 0. The minimum Gasteiger partial charge on any atom is -0.300 e. The molecule has 0 spiro atoms. The number of aromatic nitrogens is 2. The second-order valence-corrected chi connectivity index (χ2v) is 4.39. The number of rotatable bonds is 1. The van der Waals surface area contributed by atoms with Gasteiger partial charge in [0.2, 0.25) is 0 Å². The predicted octanol–water partition coefficient (Wildman–Crippen LogP) is 2.96. The summed E-state index contributed by atoms with van der Waals surface area (Å²) in [4.78, 5) is 4.50. The van der Waals surface area contributed by atoms with Crippen LogP contribution in [0.15, 0.2) is 42.7 Å². The fourth-order valence-electron chi connectivity index (χ4n) is 1.55. The van der Waals surface area contributed by atoms with Gasteiger partial charge in [0, 0.05) is 12.4 Å². The highest BCUT2D eigenvalue weighted by Crippen LogP contribution is 2.25. The molecule has 2 aromatic heterocycles. The first-order valence-electron chi connectivity index (χ1n) is 4.81. The van der Waals surface area contributed by atoms with Gasteiger partial charge in [-0.25, -0.2) is 4.98 Å². The minimum atomic E-state index is 0.676. The van der Waals surface area contributed by atoms with E-state index in [1.165, 1.54) is 0 Å². The molecule has 3 aromatic rings. The van der Waals surface area contributed by atoms with Crippen LogP contribution >= 0.6 is 11.3 Å². The molecule has 0 saturated heterocycles. The first-order valence-corrected chi connectivity index (χ1v) is 5.62. The van der Waals surface area contributed by atoms with Crippen molar-refractivity contribution in [2.75, 3.05) is 0 Å². The van der Waals surface area contributed by atoms with Crippen LogP contribution in [-0.2, 0) is 0 Å². The zero-order valence-electron chi connectivity index (χ0n) is 8.29. The number of benzene rings is 1. The van der Waals surface area contributed by atoms with Crippen LogP contribution in [-0.4, -0.2) is 9.55 Å². The lowest BCUT2D eigenvalue weighted by Gasteiger charge is -1.92. The molecule has 0 N–H and O–H groups in total. The maximum Gasteiger partial charge on any atom is 0.194 e. The first kappa shape index (κ1) is 9.13. The molecule has 3 nitrogen and oxygen atoms in total. The number of hydrogen-bond donors (Lipinski definition) is 0. The average molecular weight is 225 g/mol. The molecule has 0 radical (unpaired) electrons. The topological polar surface area (TPSA) is 41.6 Å². The Kier molecular flexibility index (Phi) is 1.98. The molecule has 2 heterocycles. The molecule has 0 aliphatic heterocycles. The molecule has 16 heavy (non-hydrogen) atoms. The highest BCUT2D eigenvalue weighted by Gasteiger charge is 2.05. The highest BCUT2D eigenvalue weighted by atomic mass is 32.1. The van der Waals surface area contributed by atoms with Crippen molar-refractivity contribution in [3.63, 3.8) is 0 Å². The number of thiazole rings is 1. The Morgan fingerprint density at radius 3 is 2.81 bits per heavy atom. The molecule has 0 aliphatic carbocycles. The monoisotopic (exact) mass is 225 g/mol. The first-order chi connectivity index (χ1) is 7.86. The van der Waals surface area contributed by atoms with Crippen molar-refractivity contribution in [1.82, 2.24) is 9.55 Å². The Morgan fingerprint density at radius 2 is 2.06 bits per heavy atom. The molecular formula is C12H7N3S. The molecule has 0 unspecified atom stereocenters. The Bertz CT molecular complexity index is 674. The van der Waals surface area contributed by atoms with Gasteiger partial charge in [0.05, 0.1) is 21.8 Å². The molecule has 76 valence electrons. The van der Waals surface area contributed by atoms with Gasteiger partial charge >= 0.3 is 0 Å². The third-order valence-electron chi connectivity index (χ3n) is 2.33. The van der Waals surface area contributed by atoms with Crippen molar-refractivity contribution < 1.29 is 0 Å². The van der Waals surface area contributed by atoms with Gasteiger partial charge < -0.3 is 4.57 Å². The SMILES string of the molecule is N#Cc1ccc2nc(-n3cccc3)sc2c1. The van der Waals surface area contributed by atoms with Crippen molar-refractivity contribution in [2.45, 2.75) is 0 Å². The van der Waals surface area contributed by atoms with E-state index in [-0.39, 0.29) is 0 Å². The maximum atomic E-state index is 8.82. The smallest absolute Gasteiger partial charge is 0.194 e. The molecule has 0 amide bonds. The second kappa shape index (κ2) is 3.47. The van der Waals surface area contributed by atoms with Gasteiger partial charge in [-0.15, -0.1) is 0 Å². The second-order valence-electron chi connectivity index (χ2n) is 3.38. The van der Waals surface area contributed by atoms with Crippen LogP contribution in [0.3, 0.4) is 0 Å². The van der Waals surface area contributed by atoms with E-state index in [1.54, 1.807) is 17.4 Å². The summed E-state index contributed by atoms with van der Waals surface area (Å²) in [5, 5.41) is 9.74. The van der Waals surface area contributed by atoms with Crippen molar-refractivity contribution in [2.24, 2.45) is 0 Å². The van der Waals surface area contributed by atoms with Gasteiger partial charge in [0.25, 0.3) is 0 Å². The van der Waals surface area contributed by atoms with Crippen molar-refractivity contribution in [3.05, 3.63) is 48.3 Å². The summed E-state index contributed by atoms with van der Waals surface area (Å²) in [6, 6.07) is 11.6. The van der Waals surface area contributed by atoms with E-state index < -0.39 is 0 Å². The van der Waals surface area contributed by atoms with Crippen molar-refractivity contribution in [1.29, 1.82) is 5.26 Å². The summed E-state index contributed by atoms with van der Waals surface area (Å²) < 4.78 is 3.01. The van der Waals surface area contributed by atoms with Gasteiger partial charge in [-0.1, -0.05) is 11.3 Å². The van der Waals surface area contributed by atoms with Crippen LogP contribution in [0.5, 0.6) is 0 Å². The van der Waals surface area contributed by atoms with Crippen LogP contribution in [0.1, 0.15) is 5.56 Å². The van der Waals surface area contributed by atoms with Crippen LogP contribution in [0.25, 0.3) is 15.3 Å². The zero-order chi connectivity index (χ0) is 11.0. The fourth-order valence-corrected chi connectivity index (χ4v) is 2.53. The van der Waals surface area contributed by atoms with E-state index in [9.17, 15) is 0 Å². The Hall–Kier alpha value is -2.12. The normalized spacial score (nSPS) is 10.4. The fraction of sp³-hybridized carbons (Fsp3) is 0. The van der Waals surface area contributed by atoms with Gasteiger partial charge in [-0.3, -0.25) is 0 Å². The largest absolute Gasteiger partial charge is 0.300 e. The van der Waals surface area contributed by atoms with Gasteiger partial charge in [0.15, 0.2) is 5.13 Å². The molecule has 0 saturated carbocycles. The summed E-state index contributed by atoms with van der Waals surface area (Å²) in [5.41, 5.74) is 1.61. The third-order valence-corrected chi connectivity index (χ3v) is 3.36. The molecule has 0 atom stereocenters. The van der Waals surface area contributed by atoms with E-state index in [1.807, 2.05) is 41.2 Å². The number of fused-ring (bicyclic) bond motifs is 1. The molecule has 3 rings (SSSR count). The van der Waals surface area contributed by atoms with E-state index >= 15 is 0 Å². The minimum absolute atomic E-state index is 0.676. The Labute approximate surface area is 96.2 Å². The number of nitrogens with zero attached hydrogens (tertiary/aromatic N) is 3. The standard InChI is InChI=1S/C12H7N3S/c13-8-9-3-4-10-11(7-9)16-12(14-10)15-5-1-2-6-15/h1-7H. The lowest BCUT2D eigenvalue weighted by molar-refractivity contribution is 1.06. The average Bonchev–Trinajstić information content (AvgIpc) is 2.96. The maximum absolute atomic E-state index is 8.82. The summed E-state index contributed by atoms with van der Waals surface area (Å²) in [6.07, 6.45) is 3.92. The summed E-state index contributed by atoms with van der Waals surface area (Å²) in [7, 11) is 0. The van der Waals surface area contributed by atoms with Crippen molar-refractivity contribution in [3.8, 4) is 11.2 Å². The van der Waals surface area contributed by atoms with Gasteiger partial charge in [-0.05, 0) is 30.3 Å². The molecule has 0 aliphatic rings. The molecular weight excluding hydrogens is 218 g/mol. The molecule has 0 bridgehead atoms. The van der Waals surface area contributed by atoms with Gasteiger partial charge in [0.1, 0.15) is 0 Å². The van der Waals surface area contributed by atoms with E-state index in [4.69, 9.17) is 5.26 Å². The quantitative estimate of drug-likeness (QED) is 0.639. The predicted molar refractivity (Wildman–Crippen MR) is 63.7 cm³/mol. The van der Waals surface area contributed by atoms with E-state index in [0.717, 1.165) is 15.3 Å². The summed E-state index contributed by atoms with van der Waals surface area (Å²) >= 11 is 1.59. The molecule has 4 heteroatoms. The Balaban J connectivity index is 2.20. The number of nitriles is 1. The van der Waals surface area contributed by atoms with Crippen LogP contribution in [0.2, 0.25) is 0 Å². The molecule has 1 aromatic carbocycles. The highest BCUT2D eigenvalue weighted by molar-refractivity contribution is 7.20. The van der Waals surface area contributed by atoms with E-state index in [2.05, 4.69) is 11.1 Å². The van der Waals surface area contributed by atoms with Gasteiger partial charge in [-0.2, -0.15) is 5.26 Å². The lowest BCUT2D eigenvalue weighted by Crippen LogP contribution is -1.86. The third kappa shape index (κ3) is 1.38.